The molecule has 5 nitrogen and oxygen atoms in total. The smallest absolute Gasteiger partial charge is 0.234 e. The van der Waals surface area contributed by atoms with Crippen molar-refractivity contribution in [1.29, 1.82) is 0 Å². The predicted molar refractivity (Wildman–Crippen MR) is 114 cm³/mol. The van der Waals surface area contributed by atoms with Crippen molar-refractivity contribution in [1.82, 2.24) is 4.98 Å². The van der Waals surface area contributed by atoms with Gasteiger partial charge in [0, 0.05) is 17.8 Å². The van der Waals surface area contributed by atoms with Crippen LogP contribution in [0.1, 0.15) is 25.3 Å². The minimum absolute atomic E-state index is 0.0174. The fourth-order valence-corrected chi connectivity index (χ4v) is 4.45. The molecule has 0 fully saturated rings. The largest absolute Gasteiger partial charge is 0.326 e. The summed E-state index contributed by atoms with van der Waals surface area (Å²) < 4.78 is 1.83. The second-order valence-corrected chi connectivity index (χ2v) is 8.42. The van der Waals surface area contributed by atoms with E-state index in [-0.39, 0.29) is 11.8 Å². The van der Waals surface area contributed by atoms with Crippen LogP contribution < -0.4 is 10.6 Å². The van der Waals surface area contributed by atoms with Gasteiger partial charge in [-0.15, -0.1) is 11.3 Å². The van der Waals surface area contributed by atoms with Gasteiger partial charge in [0.05, 0.1) is 16.0 Å². The van der Waals surface area contributed by atoms with E-state index in [4.69, 9.17) is 0 Å². The first-order valence-electron chi connectivity index (χ1n) is 8.73. The van der Waals surface area contributed by atoms with Gasteiger partial charge in [0.1, 0.15) is 0 Å². The fraction of sp³-hybridized carbons (Fsp3) is 0.250. The van der Waals surface area contributed by atoms with Gasteiger partial charge >= 0.3 is 0 Å². The number of hydrogen-bond donors (Lipinski definition) is 2. The maximum absolute atomic E-state index is 12.1. The number of anilines is 2. The average Bonchev–Trinajstić information content (AvgIpc) is 3.02. The van der Waals surface area contributed by atoms with Crippen LogP contribution in [0.15, 0.2) is 46.8 Å². The van der Waals surface area contributed by atoms with Crippen molar-refractivity contribution in [3.63, 3.8) is 0 Å². The highest BCUT2D eigenvalue weighted by molar-refractivity contribution is 8.01. The molecule has 2 amide bonds. The molecule has 0 aliphatic carbocycles. The van der Waals surface area contributed by atoms with Gasteiger partial charge in [-0.3, -0.25) is 9.59 Å². The zero-order valence-electron chi connectivity index (χ0n) is 15.2. The van der Waals surface area contributed by atoms with Crippen LogP contribution in [0.3, 0.4) is 0 Å². The third-order valence-corrected chi connectivity index (χ3v) is 5.92. The lowest BCUT2D eigenvalue weighted by Gasteiger charge is -2.04. The molecule has 0 spiro atoms. The van der Waals surface area contributed by atoms with Gasteiger partial charge in [0.15, 0.2) is 4.34 Å². The Morgan fingerprint density at radius 3 is 2.63 bits per heavy atom. The van der Waals surface area contributed by atoms with E-state index in [2.05, 4.69) is 15.6 Å². The number of aryl methyl sites for hydroxylation is 1. The van der Waals surface area contributed by atoms with Crippen molar-refractivity contribution in [2.75, 3.05) is 16.4 Å². The van der Waals surface area contributed by atoms with Crippen LogP contribution in [0.2, 0.25) is 0 Å². The summed E-state index contributed by atoms with van der Waals surface area (Å²) in [4.78, 5) is 28.4. The number of thioether (sulfide) groups is 1. The fourth-order valence-electron chi connectivity index (χ4n) is 2.54. The van der Waals surface area contributed by atoms with Gasteiger partial charge in [-0.2, -0.15) is 0 Å². The number of aromatic nitrogens is 1. The van der Waals surface area contributed by atoms with Gasteiger partial charge in [-0.05, 0) is 49.2 Å². The molecule has 1 heterocycles. The first kappa shape index (κ1) is 19.4. The molecule has 0 bridgehead atoms. The lowest BCUT2D eigenvalue weighted by molar-refractivity contribution is -0.116. The Kier molecular flexibility index (Phi) is 6.47. The van der Waals surface area contributed by atoms with Crippen LogP contribution in [0.5, 0.6) is 0 Å². The number of rotatable bonds is 7. The molecule has 0 radical (unpaired) electrons. The number of thiazole rings is 1. The Morgan fingerprint density at radius 1 is 1.07 bits per heavy atom. The predicted octanol–water partition coefficient (Wildman–Crippen LogP) is 5.07. The second-order valence-electron chi connectivity index (χ2n) is 6.17. The molecular weight excluding hydrogens is 378 g/mol. The summed E-state index contributed by atoms with van der Waals surface area (Å²) in [6, 6.07) is 13.4. The van der Waals surface area contributed by atoms with Gasteiger partial charge in [-0.25, -0.2) is 4.98 Å². The van der Waals surface area contributed by atoms with Crippen LogP contribution in [-0.4, -0.2) is 22.6 Å². The van der Waals surface area contributed by atoms with Crippen LogP contribution in [0, 0.1) is 6.92 Å². The third kappa shape index (κ3) is 5.55. The molecule has 0 aliphatic heterocycles. The average molecular weight is 400 g/mol. The van der Waals surface area contributed by atoms with Crippen LogP contribution in [-0.2, 0) is 9.59 Å². The summed E-state index contributed by atoms with van der Waals surface area (Å²) >= 11 is 2.94. The number of carbonyl (C=O) groups excluding carboxylic acids is 2. The van der Waals surface area contributed by atoms with E-state index in [1.165, 1.54) is 23.1 Å². The van der Waals surface area contributed by atoms with E-state index in [1.807, 2.05) is 56.3 Å². The number of nitrogens with one attached hydrogen (secondary N) is 2. The lowest BCUT2D eigenvalue weighted by Crippen LogP contribution is -2.13. The topological polar surface area (TPSA) is 71.1 Å². The highest BCUT2D eigenvalue weighted by Crippen LogP contribution is 2.31. The number of carbonyl (C=O) groups is 2. The van der Waals surface area contributed by atoms with Crippen LogP contribution >= 0.6 is 23.1 Å². The van der Waals surface area contributed by atoms with Crippen molar-refractivity contribution >= 4 is 56.5 Å². The third-order valence-electron chi connectivity index (χ3n) is 3.76. The molecule has 27 heavy (non-hydrogen) atoms. The zero-order chi connectivity index (χ0) is 19.2. The van der Waals surface area contributed by atoms with Crippen LogP contribution in [0.4, 0.5) is 11.4 Å². The number of hydrogen-bond acceptors (Lipinski definition) is 5. The molecule has 2 aromatic carbocycles. The highest BCUT2D eigenvalue weighted by Gasteiger charge is 2.10. The molecule has 3 rings (SSSR count). The molecule has 0 saturated carbocycles. The van der Waals surface area contributed by atoms with Gasteiger partial charge in [0.25, 0.3) is 0 Å². The molecule has 0 atom stereocenters. The molecule has 1 aromatic heterocycles. The monoisotopic (exact) mass is 399 g/mol. The summed E-state index contributed by atoms with van der Waals surface area (Å²) in [7, 11) is 0. The van der Waals surface area contributed by atoms with Gasteiger partial charge in [-0.1, -0.05) is 30.8 Å². The lowest BCUT2D eigenvalue weighted by atomic mass is 10.2. The quantitative estimate of drug-likeness (QED) is 0.544. The van der Waals surface area contributed by atoms with Crippen molar-refractivity contribution in [2.24, 2.45) is 0 Å². The molecule has 0 aliphatic rings. The maximum Gasteiger partial charge on any atom is 0.234 e. The van der Waals surface area contributed by atoms with Crippen molar-refractivity contribution < 1.29 is 9.59 Å². The van der Waals surface area contributed by atoms with E-state index in [9.17, 15) is 9.59 Å². The summed E-state index contributed by atoms with van der Waals surface area (Å²) in [5, 5.41) is 5.79. The highest BCUT2D eigenvalue weighted by atomic mass is 32.2. The van der Waals surface area contributed by atoms with Gasteiger partial charge < -0.3 is 10.6 Å². The Labute approximate surface area is 166 Å². The summed E-state index contributed by atoms with van der Waals surface area (Å²) in [5.41, 5.74) is 3.55. The second kappa shape index (κ2) is 9.01. The van der Waals surface area contributed by atoms with E-state index in [0.717, 1.165) is 37.9 Å². The molecule has 7 heteroatoms. The van der Waals surface area contributed by atoms with E-state index >= 15 is 0 Å². The number of fused-ring (bicyclic) bond motifs is 1. The van der Waals surface area contributed by atoms with Gasteiger partial charge in [0.2, 0.25) is 11.8 Å². The molecule has 3 aromatic rings. The van der Waals surface area contributed by atoms with Crippen molar-refractivity contribution in [3.8, 4) is 0 Å². The summed E-state index contributed by atoms with van der Waals surface area (Å²) in [6.45, 7) is 3.97. The number of benzene rings is 2. The Hall–Kier alpha value is -2.38. The molecular formula is C20H21N3O2S2. The zero-order valence-corrected chi connectivity index (χ0v) is 16.9. The summed E-state index contributed by atoms with van der Waals surface area (Å²) in [6.07, 6.45) is 1.33. The Balaban J connectivity index is 1.60. The van der Waals surface area contributed by atoms with E-state index < -0.39 is 0 Å². The molecule has 0 saturated heterocycles. The first-order valence-corrected chi connectivity index (χ1v) is 10.5. The van der Waals surface area contributed by atoms with Crippen LogP contribution in [0.25, 0.3) is 10.2 Å². The molecule has 140 valence electrons. The SMILES string of the molecule is CCCC(=O)Nc1ccc2nc(SCC(=O)Nc3cccc(C)c3)sc2c1. The normalized spacial score (nSPS) is 10.7. The minimum atomic E-state index is -0.0580. The Morgan fingerprint density at radius 2 is 1.85 bits per heavy atom. The van der Waals surface area contributed by atoms with Crippen molar-refractivity contribution in [3.05, 3.63) is 48.0 Å². The molecule has 2 N–H and O–H groups in total. The Bertz CT molecular complexity index is 969. The van der Waals surface area contributed by atoms with E-state index in [1.54, 1.807) is 0 Å². The first-order chi connectivity index (χ1) is 13.0. The van der Waals surface area contributed by atoms with Crippen molar-refractivity contribution in [2.45, 2.75) is 31.0 Å². The maximum atomic E-state index is 12.1. The number of amides is 2. The molecule has 0 unspecified atom stereocenters. The van der Waals surface area contributed by atoms with E-state index in [0.29, 0.717) is 12.2 Å². The standard InChI is InChI=1S/C20H21N3O2S2/c1-3-5-18(24)21-15-8-9-16-17(11-15)27-20(23-16)26-12-19(25)22-14-7-4-6-13(2)10-14/h4,6-11H,3,5,12H2,1-2H3,(H,21,24)(H,22,25). The minimum Gasteiger partial charge on any atom is -0.326 e. The summed E-state index contributed by atoms with van der Waals surface area (Å²) in [5.74, 6) is 0.259. The number of nitrogens with zero attached hydrogens (tertiary/aromatic N) is 1.